The van der Waals surface area contributed by atoms with Crippen LogP contribution in [0.2, 0.25) is 0 Å². The van der Waals surface area contributed by atoms with Crippen LogP contribution >= 0.6 is 11.3 Å². The molecule has 0 aliphatic carbocycles. The van der Waals surface area contributed by atoms with Gasteiger partial charge in [-0.2, -0.15) is 0 Å². The minimum atomic E-state index is 0.529. The molecule has 2 N–H and O–H groups in total. The maximum absolute atomic E-state index is 4.45. The van der Waals surface area contributed by atoms with Gasteiger partial charge in [0.15, 0.2) is 5.96 Å². The van der Waals surface area contributed by atoms with Gasteiger partial charge in [0, 0.05) is 37.1 Å². The van der Waals surface area contributed by atoms with Crippen molar-refractivity contribution in [3.8, 4) is 0 Å². The molecule has 0 radical (unpaired) electrons. The maximum atomic E-state index is 4.45. The van der Waals surface area contributed by atoms with Gasteiger partial charge in [-0.1, -0.05) is 12.5 Å². The van der Waals surface area contributed by atoms with Gasteiger partial charge in [0.25, 0.3) is 0 Å². The highest BCUT2D eigenvalue weighted by Crippen LogP contribution is 2.36. The molecule has 0 spiro atoms. The van der Waals surface area contributed by atoms with Crippen LogP contribution < -0.4 is 10.6 Å². The van der Waals surface area contributed by atoms with E-state index in [1.807, 2.05) is 18.4 Å². The van der Waals surface area contributed by atoms with Gasteiger partial charge in [0.2, 0.25) is 0 Å². The molecule has 6 heteroatoms. The molecule has 3 unspecified atom stereocenters. The van der Waals surface area contributed by atoms with Crippen molar-refractivity contribution in [3.63, 3.8) is 0 Å². The third kappa shape index (κ3) is 6.69. The molecule has 1 aromatic heterocycles. The average molecular weight is 420 g/mol. The summed E-state index contributed by atoms with van der Waals surface area (Å²) in [7, 11) is 4.15. The van der Waals surface area contributed by atoms with Crippen LogP contribution in [0.15, 0.2) is 22.5 Å². The summed E-state index contributed by atoms with van der Waals surface area (Å²) >= 11 is 1.89. The lowest BCUT2D eigenvalue weighted by atomic mass is 9.88. The molecular weight excluding hydrogens is 378 g/mol. The zero-order valence-electron chi connectivity index (χ0n) is 18.7. The van der Waals surface area contributed by atoms with Gasteiger partial charge in [0.05, 0.1) is 0 Å². The van der Waals surface area contributed by atoms with Crippen molar-refractivity contribution in [3.05, 3.63) is 22.4 Å². The quantitative estimate of drug-likeness (QED) is 0.380. The largest absolute Gasteiger partial charge is 0.356 e. The summed E-state index contributed by atoms with van der Waals surface area (Å²) in [6.07, 6.45) is 9.19. The molecule has 164 valence electrons. The number of hydrogen-bond acceptors (Lipinski definition) is 4. The Labute approximate surface area is 182 Å². The van der Waals surface area contributed by atoms with Gasteiger partial charge >= 0.3 is 0 Å². The Morgan fingerprint density at radius 3 is 2.83 bits per heavy atom. The summed E-state index contributed by atoms with van der Waals surface area (Å²) in [5.74, 6) is 1.58. The zero-order chi connectivity index (χ0) is 20.5. The molecule has 3 heterocycles. The highest BCUT2D eigenvalue weighted by Gasteiger charge is 2.31. The molecule has 0 aromatic carbocycles. The Morgan fingerprint density at radius 1 is 1.17 bits per heavy atom. The number of thiophene rings is 1. The molecule has 0 saturated carbocycles. The van der Waals surface area contributed by atoms with Crippen LogP contribution in [0.25, 0.3) is 0 Å². The third-order valence-corrected chi connectivity index (χ3v) is 7.65. The molecule has 2 aliphatic rings. The normalized spacial score (nSPS) is 27.1. The van der Waals surface area contributed by atoms with Crippen molar-refractivity contribution < 1.29 is 0 Å². The maximum Gasteiger partial charge on any atom is 0.190 e. The summed E-state index contributed by atoms with van der Waals surface area (Å²) in [6, 6.07) is 5.77. The van der Waals surface area contributed by atoms with Gasteiger partial charge in [-0.05, 0) is 89.5 Å². The number of piperidine rings is 2. The number of rotatable bonds is 8. The minimum absolute atomic E-state index is 0.529. The van der Waals surface area contributed by atoms with Crippen molar-refractivity contribution in [2.75, 3.05) is 46.8 Å². The standard InChI is InChI=1S/C23H41N5S/c1-19-10-4-6-15-28(19)16-7-5-13-25-23(24-2)26-18-20-11-8-14-27(3)22(20)21-12-9-17-29-21/h9,12,17,19-20,22H,4-8,10-11,13-16,18H2,1-3H3,(H2,24,25,26). The first-order valence-electron chi connectivity index (χ1n) is 11.6. The first-order chi connectivity index (χ1) is 14.2. The fourth-order valence-electron chi connectivity index (χ4n) is 4.97. The van der Waals surface area contributed by atoms with E-state index in [9.17, 15) is 0 Å². The van der Waals surface area contributed by atoms with Crippen LogP contribution in [0.4, 0.5) is 0 Å². The highest BCUT2D eigenvalue weighted by atomic mass is 32.1. The van der Waals surface area contributed by atoms with Crippen molar-refractivity contribution in [2.24, 2.45) is 10.9 Å². The fraction of sp³-hybridized carbons (Fsp3) is 0.783. The molecule has 2 aliphatic heterocycles. The molecule has 3 rings (SSSR count). The number of hydrogen-bond donors (Lipinski definition) is 2. The van der Waals surface area contributed by atoms with E-state index in [4.69, 9.17) is 0 Å². The molecule has 0 amide bonds. The van der Waals surface area contributed by atoms with Gasteiger partial charge < -0.3 is 15.5 Å². The van der Waals surface area contributed by atoms with Crippen LogP contribution in [0, 0.1) is 5.92 Å². The zero-order valence-corrected chi connectivity index (χ0v) is 19.5. The molecule has 2 fully saturated rings. The van der Waals surface area contributed by atoms with Gasteiger partial charge in [-0.15, -0.1) is 11.3 Å². The van der Waals surface area contributed by atoms with Crippen LogP contribution in [-0.4, -0.2) is 68.6 Å². The summed E-state index contributed by atoms with van der Waals surface area (Å²) in [4.78, 5) is 11.1. The van der Waals surface area contributed by atoms with E-state index in [0.717, 1.165) is 25.1 Å². The Bertz CT molecular complexity index is 602. The lowest BCUT2D eigenvalue weighted by Crippen LogP contribution is -2.45. The topological polar surface area (TPSA) is 42.9 Å². The van der Waals surface area contributed by atoms with Crippen molar-refractivity contribution >= 4 is 17.3 Å². The number of nitrogens with zero attached hydrogens (tertiary/aromatic N) is 3. The summed E-state index contributed by atoms with van der Waals surface area (Å²) in [6.45, 7) is 8.10. The minimum Gasteiger partial charge on any atom is -0.356 e. The third-order valence-electron chi connectivity index (χ3n) is 6.70. The Balaban J connectivity index is 1.37. The van der Waals surface area contributed by atoms with Crippen LogP contribution in [0.1, 0.15) is 62.8 Å². The molecule has 2 saturated heterocycles. The first-order valence-corrected chi connectivity index (χ1v) is 12.5. The van der Waals surface area contributed by atoms with Gasteiger partial charge in [-0.3, -0.25) is 9.89 Å². The molecule has 0 bridgehead atoms. The van der Waals surface area contributed by atoms with E-state index < -0.39 is 0 Å². The second-order valence-electron chi connectivity index (χ2n) is 8.81. The Morgan fingerprint density at radius 2 is 2.07 bits per heavy atom. The number of nitrogens with one attached hydrogen (secondary N) is 2. The fourth-order valence-corrected chi connectivity index (χ4v) is 5.95. The van der Waals surface area contributed by atoms with E-state index >= 15 is 0 Å². The lowest BCUT2D eigenvalue weighted by molar-refractivity contribution is 0.125. The predicted octanol–water partition coefficient (Wildman–Crippen LogP) is 3.95. The van der Waals surface area contributed by atoms with E-state index in [-0.39, 0.29) is 0 Å². The van der Waals surface area contributed by atoms with E-state index in [2.05, 4.69) is 56.9 Å². The van der Waals surface area contributed by atoms with E-state index in [1.54, 1.807) is 0 Å². The Hall–Kier alpha value is -1.11. The summed E-state index contributed by atoms with van der Waals surface area (Å²) in [5.41, 5.74) is 0. The SMILES string of the molecule is CN=C(NCCCCN1CCCCC1C)NCC1CCCN(C)C1c1cccs1. The number of aliphatic imine (C=N–C) groups is 1. The highest BCUT2D eigenvalue weighted by molar-refractivity contribution is 7.10. The van der Waals surface area contributed by atoms with Crippen LogP contribution in [0.3, 0.4) is 0 Å². The lowest BCUT2D eigenvalue weighted by Gasteiger charge is -2.39. The summed E-state index contributed by atoms with van der Waals surface area (Å²) in [5, 5.41) is 9.34. The number of guanidine groups is 1. The average Bonchev–Trinajstić information content (AvgIpc) is 3.25. The van der Waals surface area contributed by atoms with Crippen LogP contribution in [0.5, 0.6) is 0 Å². The van der Waals surface area contributed by atoms with E-state index in [1.165, 1.54) is 69.5 Å². The molecule has 3 atom stereocenters. The van der Waals surface area contributed by atoms with Crippen molar-refractivity contribution in [2.45, 2.75) is 64.0 Å². The number of likely N-dealkylation sites (tertiary alicyclic amines) is 2. The molecular formula is C23H41N5S. The van der Waals surface area contributed by atoms with Crippen molar-refractivity contribution in [1.29, 1.82) is 0 Å². The monoisotopic (exact) mass is 419 g/mol. The molecule has 29 heavy (non-hydrogen) atoms. The molecule has 5 nitrogen and oxygen atoms in total. The van der Waals surface area contributed by atoms with Crippen LogP contribution in [-0.2, 0) is 0 Å². The smallest absolute Gasteiger partial charge is 0.190 e. The van der Waals surface area contributed by atoms with E-state index in [0.29, 0.717) is 12.0 Å². The second-order valence-corrected chi connectivity index (χ2v) is 9.79. The predicted molar refractivity (Wildman–Crippen MR) is 126 cm³/mol. The second kappa shape index (κ2) is 11.9. The van der Waals surface area contributed by atoms with Gasteiger partial charge in [0.1, 0.15) is 0 Å². The first kappa shape index (κ1) is 22.6. The molecule has 1 aromatic rings. The van der Waals surface area contributed by atoms with Gasteiger partial charge in [-0.25, -0.2) is 0 Å². The van der Waals surface area contributed by atoms with Crippen molar-refractivity contribution in [1.82, 2.24) is 20.4 Å². The number of unbranched alkanes of at least 4 members (excludes halogenated alkanes) is 1. The summed E-state index contributed by atoms with van der Waals surface area (Å²) < 4.78 is 0. The Kier molecular flexibility index (Phi) is 9.28.